The van der Waals surface area contributed by atoms with Crippen LogP contribution in [0, 0.1) is 6.92 Å². The molecule has 0 aromatic heterocycles. The molecule has 0 heterocycles. The minimum Gasteiger partial charge on any atom is -0.478 e. The van der Waals surface area contributed by atoms with Crippen LogP contribution in [0.25, 0.3) is 0 Å². The van der Waals surface area contributed by atoms with Crippen LogP contribution in [-0.2, 0) is 9.53 Å². The molecule has 5 heteroatoms. The van der Waals surface area contributed by atoms with E-state index in [1.54, 1.807) is 6.92 Å². The summed E-state index contributed by atoms with van der Waals surface area (Å²) in [6, 6.07) is 4.29. The van der Waals surface area contributed by atoms with Crippen molar-refractivity contribution in [3.63, 3.8) is 0 Å². The van der Waals surface area contributed by atoms with Crippen LogP contribution in [0.1, 0.15) is 27.6 Å². The fourth-order valence-corrected chi connectivity index (χ4v) is 1.29. The number of carboxylic acids is 1. The highest BCUT2D eigenvalue weighted by Gasteiger charge is 2.19. The van der Waals surface area contributed by atoms with Gasteiger partial charge in [-0.15, -0.1) is 0 Å². The van der Waals surface area contributed by atoms with E-state index < -0.39 is 18.0 Å². The Labute approximate surface area is 92.3 Å². The Morgan fingerprint density at radius 2 is 2.00 bits per heavy atom. The second-order valence-electron chi connectivity index (χ2n) is 3.31. The van der Waals surface area contributed by atoms with Crippen molar-refractivity contribution < 1.29 is 24.5 Å². The van der Waals surface area contributed by atoms with Crippen molar-refractivity contribution >= 4 is 11.9 Å². The summed E-state index contributed by atoms with van der Waals surface area (Å²) >= 11 is 0. The summed E-state index contributed by atoms with van der Waals surface area (Å²) in [7, 11) is 1.15. The summed E-state index contributed by atoms with van der Waals surface area (Å²) in [6.45, 7) is 1.64. The Bertz CT molecular complexity index is 424. The van der Waals surface area contributed by atoms with Gasteiger partial charge in [0.1, 0.15) is 0 Å². The number of aryl methyl sites for hydroxylation is 1. The Morgan fingerprint density at radius 3 is 2.50 bits per heavy atom. The van der Waals surface area contributed by atoms with Crippen LogP contribution in [-0.4, -0.2) is 29.3 Å². The van der Waals surface area contributed by atoms with E-state index in [0.717, 1.165) is 7.11 Å². The molecule has 0 saturated carbocycles. The highest BCUT2D eigenvalue weighted by molar-refractivity contribution is 5.90. The summed E-state index contributed by atoms with van der Waals surface area (Å²) in [6.07, 6.45) is -1.45. The number of methoxy groups -OCH3 is 1. The van der Waals surface area contributed by atoms with E-state index in [1.807, 2.05) is 0 Å². The van der Waals surface area contributed by atoms with E-state index in [2.05, 4.69) is 4.74 Å². The fraction of sp³-hybridized carbons (Fsp3) is 0.273. The number of esters is 1. The number of ether oxygens (including phenoxy) is 1. The number of carboxylic acid groups (broad SMARTS) is 1. The van der Waals surface area contributed by atoms with Crippen molar-refractivity contribution in [3.05, 3.63) is 34.9 Å². The molecule has 0 aliphatic rings. The van der Waals surface area contributed by atoms with E-state index in [-0.39, 0.29) is 11.1 Å². The van der Waals surface area contributed by atoms with Crippen LogP contribution in [0.5, 0.6) is 0 Å². The van der Waals surface area contributed by atoms with Gasteiger partial charge >= 0.3 is 11.9 Å². The van der Waals surface area contributed by atoms with Gasteiger partial charge in [-0.25, -0.2) is 9.59 Å². The number of carbonyl (C=O) groups excluding carboxylic acids is 1. The lowest BCUT2D eigenvalue weighted by Crippen LogP contribution is -2.14. The average Bonchev–Trinajstić information content (AvgIpc) is 2.27. The van der Waals surface area contributed by atoms with Crippen LogP contribution >= 0.6 is 0 Å². The van der Waals surface area contributed by atoms with Crippen molar-refractivity contribution in [2.24, 2.45) is 0 Å². The van der Waals surface area contributed by atoms with Gasteiger partial charge in [0.25, 0.3) is 0 Å². The molecule has 1 aromatic rings. The van der Waals surface area contributed by atoms with Crippen LogP contribution in [0.4, 0.5) is 0 Å². The number of aliphatic hydroxyl groups is 1. The molecule has 5 nitrogen and oxygen atoms in total. The number of hydrogen-bond acceptors (Lipinski definition) is 4. The molecule has 0 saturated heterocycles. The van der Waals surface area contributed by atoms with Crippen LogP contribution in [0.2, 0.25) is 0 Å². The number of hydrogen-bond donors (Lipinski definition) is 2. The molecule has 2 N–H and O–H groups in total. The van der Waals surface area contributed by atoms with E-state index in [1.165, 1.54) is 18.2 Å². The maximum absolute atomic E-state index is 11.1. The Morgan fingerprint density at radius 1 is 1.38 bits per heavy atom. The number of aromatic carboxylic acids is 1. The zero-order chi connectivity index (χ0) is 12.3. The molecule has 86 valence electrons. The molecule has 0 fully saturated rings. The van der Waals surface area contributed by atoms with Gasteiger partial charge in [-0.2, -0.15) is 0 Å². The minimum absolute atomic E-state index is 0.0560. The summed E-state index contributed by atoms with van der Waals surface area (Å²) in [5.41, 5.74) is 0.823. The predicted molar refractivity (Wildman–Crippen MR) is 55.1 cm³/mol. The molecule has 0 aliphatic heterocycles. The maximum Gasteiger partial charge on any atom is 0.339 e. The Balaban J connectivity index is 3.12. The normalized spacial score (nSPS) is 11.9. The van der Waals surface area contributed by atoms with Gasteiger partial charge in [-0.05, 0) is 24.1 Å². The van der Waals surface area contributed by atoms with Gasteiger partial charge in [0.2, 0.25) is 0 Å². The zero-order valence-corrected chi connectivity index (χ0v) is 8.93. The van der Waals surface area contributed by atoms with Crippen LogP contribution < -0.4 is 0 Å². The number of benzene rings is 1. The molecule has 0 radical (unpaired) electrons. The first-order chi connectivity index (χ1) is 7.47. The standard InChI is InChI=1S/C11H12O5/c1-6-3-4-7(5-8(6)10(13)14)9(12)11(15)16-2/h3-5,9,12H,1-2H3,(H,13,14). The van der Waals surface area contributed by atoms with Gasteiger partial charge in [0.05, 0.1) is 12.7 Å². The molecular weight excluding hydrogens is 212 g/mol. The van der Waals surface area contributed by atoms with Gasteiger partial charge in [-0.1, -0.05) is 12.1 Å². The SMILES string of the molecule is COC(=O)C(O)c1ccc(C)c(C(=O)O)c1. The first kappa shape index (κ1) is 12.2. The summed E-state index contributed by atoms with van der Waals surface area (Å²) in [4.78, 5) is 21.9. The lowest BCUT2D eigenvalue weighted by Gasteiger charge is -2.10. The smallest absolute Gasteiger partial charge is 0.339 e. The lowest BCUT2D eigenvalue weighted by atomic mass is 10.0. The summed E-state index contributed by atoms with van der Waals surface area (Å²) < 4.78 is 4.36. The molecule has 1 rings (SSSR count). The Hall–Kier alpha value is -1.88. The van der Waals surface area contributed by atoms with Gasteiger partial charge in [0.15, 0.2) is 6.10 Å². The minimum atomic E-state index is -1.45. The van der Waals surface area contributed by atoms with E-state index in [9.17, 15) is 14.7 Å². The topological polar surface area (TPSA) is 83.8 Å². The molecule has 0 bridgehead atoms. The highest BCUT2D eigenvalue weighted by Crippen LogP contribution is 2.18. The van der Waals surface area contributed by atoms with Crippen molar-refractivity contribution in [3.8, 4) is 0 Å². The average molecular weight is 224 g/mol. The molecule has 0 spiro atoms. The van der Waals surface area contributed by atoms with Gasteiger partial charge < -0.3 is 14.9 Å². The molecule has 16 heavy (non-hydrogen) atoms. The number of rotatable bonds is 3. The molecular formula is C11H12O5. The first-order valence-electron chi connectivity index (χ1n) is 4.57. The largest absolute Gasteiger partial charge is 0.478 e. The zero-order valence-electron chi connectivity index (χ0n) is 8.93. The monoisotopic (exact) mass is 224 g/mol. The van der Waals surface area contributed by atoms with E-state index in [0.29, 0.717) is 5.56 Å². The first-order valence-corrected chi connectivity index (χ1v) is 4.57. The lowest BCUT2D eigenvalue weighted by molar-refractivity contribution is -0.150. The van der Waals surface area contributed by atoms with E-state index in [4.69, 9.17) is 5.11 Å². The number of carbonyl (C=O) groups is 2. The fourth-order valence-electron chi connectivity index (χ4n) is 1.29. The second kappa shape index (κ2) is 4.76. The van der Waals surface area contributed by atoms with E-state index >= 15 is 0 Å². The van der Waals surface area contributed by atoms with Gasteiger partial charge in [-0.3, -0.25) is 0 Å². The molecule has 1 atom stereocenters. The van der Waals surface area contributed by atoms with Crippen molar-refractivity contribution in [2.45, 2.75) is 13.0 Å². The third kappa shape index (κ3) is 2.38. The summed E-state index contributed by atoms with van der Waals surface area (Å²) in [5.74, 6) is -1.92. The quantitative estimate of drug-likeness (QED) is 0.745. The van der Waals surface area contributed by atoms with Crippen molar-refractivity contribution in [1.29, 1.82) is 0 Å². The van der Waals surface area contributed by atoms with Crippen LogP contribution in [0.3, 0.4) is 0 Å². The summed E-state index contributed by atoms with van der Waals surface area (Å²) in [5, 5.41) is 18.4. The number of aliphatic hydroxyl groups excluding tert-OH is 1. The van der Waals surface area contributed by atoms with Gasteiger partial charge in [0, 0.05) is 0 Å². The van der Waals surface area contributed by atoms with Crippen molar-refractivity contribution in [1.82, 2.24) is 0 Å². The predicted octanol–water partition coefficient (Wildman–Crippen LogP) is 0.900. The maximum atomic E-state index is 11.1. The Kier molecular flexibility index (Phi) is 3.63. The third-order valence-corrected chi connectivity index (χ3v) is 2.23. The van der Waals surface area contributed by atoms with Crippen LogP contribution in [0.15, 0.2) is 18.2 Å². The van der Waals surface area contributed by atoms with Crippen molar-refractivity contribution in [2.75, 3.05) is 7.11 Å². The molecule has 1 unspecified atom stereocenters. The molecule has 0 amide bonds. The molecule has 1 aromatic carbocycles. The molecule has 0 aliphatic carbocycles. The third-order valence-electron chi connectivity index (χ3n) is 2.23. The highest BCUT2D eigenvalue weighted by atomic mass is 16.5. The second-order valence-corrected chi connectivity index (χ2v) is 3.31.